The summed E-state index contributed by atoms with van der Waals surface area (Å²) < 4.78 is 0. The van der Waals surface area contributed by atoms with E-state index in [1.165, 1.54) is 12.1 Å². The molecule has 2 N–H and O–H groups in total. The molecule has 0 bridgehead atoms. The third-order valence-electron chi connectivity index (χ3n) is 3.66. The van der Waals surface area contributed by atoms with Crippen LogP contribution in [0.15, 0.2) is 48.5 Å². The summed E-state index contributed by atoms with van der Waals surface area (Å²) in [6.45, 7) is 1.90. The van der Waals surface area contributed by atoms with Gasteiger partial charge in [-0.2, -0.15) is 0 Å². The van der Waals surface area contributed by atoms with Crippen molar-refractivity contribution in [1.82, 2.24) is 0 Å². The number of benzene rings is 2. The minimum absolute atomic E-state index is 0.0209. The lowest BCUT2D eigenvalue weighted by molar-refractivity contribution is -0.137. The number of carboxylic acid groups (broad SMARTS) is 1. The predicted molar refractivity (Wildman–Crippen MR) is 83.2 cm³/mol. The number of ketones is 1. The molecule has 0 aliphatic rings. The zero-order valence-electron chi connectivity index (χ0n) is 12.3. The van der Waals surface area contributed by atoms with Gasteiger partial charge in [-0.1, -0.05) is 36.4 Å². The summed E-state index contributed by atoms with van der Waals surface area (Å²) in [5.74, 6) is -1.61. The molecule has 22 heavy (non-hydrogen) atoms. The number of aryl methyl sites for hydroxylation is 1. The fraction of sp³-hybridized carbons (Fsp3) is 0.222. The minimum Gasteiger partial charge on any atom is -0.508 e. The summed E-state index contributed by atoms with van der Waals surface area (Å²) in [6, 6.07) is 13.6. The van der Waals surface area contributed by atoms with Crippen LogP contribution in [0.3, 0.4) is 0 Å². The van der Waals surface area contributed by atoms with Gasteiger partial charge in [-0.3, -0.25) is 9.59 Å². The second-order valence-electron chi connectivity index (χ2n) is 5.26. The van der Waals surface area contributed by atoms with Crippen LogP contribution in [0.2, 0.25) is 0 Å². The summed E-state index contributed by atoms with van der Waals surface area (Å²) in [6.07, 6.45) is 0.151. The molecule has 1 atom stereocenters. The topological polar surface area (TPSA) is 74.6 Å². The quantitative estimate of drug-likeness (QED) is 0.800. The Labute approximate surface area is 129 Å². The molecule has 0 heterocycles. The third kappa shape index (κ3) is 3.73. The average Bonchev–Trinajstić information content (AvgIpc) is 2.48. The number of carbonyl (C=O) groups is 2. The molecule has 0 saturated heterocycles. The first-order valence-corrected chi connectivity index (χ1v) is 7.09. The fourth-order valence-corrected chi connectivity index (χ4v) is 2.53. The van der Waals surface area contributed by atoms with E-state index in [1.54, 1.807) is 12.1 Å². The SMILES string of the molecule is Cc1ccccc1[C@H](CCC(=O)O)C(=O)c1cccc(O)c1. The van der Waals surface area contributed by atoms with Gasteiger partial charge in [-0.25, -0.2) is 0 Å². The van der Waals surface area contributed by atoms with Gasteiger partial charge in [0.25, 0.3) is 0 Å². The van der Waals surface area contributed by atoms with Crippen molar-refractivity contribution >= 4 is 11.8 Å². The van der Waals surface area contributed by atoms with Gasteiger partial charge in [-0.15, -0.1) is 0 Å². The van der Waals surface area contributed by atoms with E-state index >= 15 is 0 Å². The van der Waals surface area contributed by atoms with Gasteiger partial charge in [0.05, 0.1) is 0 Å². The van der Waals surface area contributed by atoms with E-state index in [0.29, 0.717) is 5.56 Å². The number of phenolic OH excluding ortho intramolecular Hbond substituents is 1. The minimum atomic E-state index is -0.928. The van der Waals surface area contributed by atoms with E-state index < -0.39 is 11.9 Å². The number of Topliss-reactive ketones (excluding diaryl/α,β-unsaturated/α-hetero) is 1. The lowest BCUT2D eigenvalue weighted by Crippen LogP contribution is -2.15. The van der Waals surface area contributed by atoms with Crippen molar-refractivity contribution in [1.29, 1.82) is 0 Å². The Morgan fingerprint density at radius 2 is 1.82 bits per heavy atom. The van der Waals surface area contributed by atoms with Crippen LogP contribution >= 0.6 is 0 Å². The molecule has 4 nitrogen and oxygen atoms in total. The Hall–Kier alpha value is -2.62. The largest absolute Gasteiger partial charge is 0.508 e. The highest BCUT2D eigenvalue weighted by Crippen LogP contribution is 2.29. The summed E-state index contributed by atoms with van der Waals surface area (Å²) >= 11 is 0. The second kappa shape index (κ2) is 6.89. The molecular weight excluding hydrogens is 280 g/mol. The zero-order valence-corrected chi connectivity index (χ0v) is 12.3. The molecule has 0 aliphatic carbocycles. The summed E-state index contributed by atoms with van der Waals surface area (Å²) in [5.41, 5.74) is 2.17. The van der Waals surface area contributed by atoms with Crippen LogP contribution in [0.4, 0.5) is 0 Å². The normalized spacial score (nSPS) is 11.9. The van der Waals surface area contributed by atoms with Crippen LogP contribution in [0, 0.1) is 6.92 Å². The number of hydrogen-bond acceptors (Lipinski definition) is 3. The second-order valence-corrected chi connectivity index (χ2v) is 5.26. The Morgan fingerprint density at radius 3 is 2.45 bits per heavy atom. The highest BCUT2D eigenvalue weighted by molar-refractivity contribution is 6.01. The Balaban J connectivity index is 2.38. The number of hydrogen-bond donors (Lipinski definition) is 2. The van der Waals surface area contributed by atoms with E-state index in [0.717, 1.165) is 11.1 Å². The standard InChI is InChI=1S/C18H18O4/c1-12-5-2-3-8-15(12)16(9-10-17(20)21)18(22)13-6-4-7-14(19)11-13/h2-8,11,16,19H,9-10H2,1H3,(H,20,21)/t16-/m0/s1. The molecule has 2 aromatic rings. The van der Waals surface area contributed by atoms with Crippen molar-refractivity contribution in [3.63, 3.8) is 0 Å². The smallest absolute Gasteiger partial charge is 0.303 e. The monoisotopic (exact) mass is 298 g/mol. The highest BCUT2D eigenvalue weighted by Gasteiger charge is 2.24. The van der Waals surface area contributed by atoms with Crippen molar-refractivity contribution in [3.8, 4) is 5.75 Å². The maximum atomic E-state index is 12.8. The third-order valence-corrected chi connectivity index (χ3v) is 3.66. The first kappa shape index (κ1) is 15.8. The molecule has 0 amide bonds. The maximum absolute atomic E-state index is 12.8. The Morgan fingerprint density at radius 1 is 1.09 bits per heavy atom. The summed E-state index contributed by atoms with van der Waals surface area (Å²) in [7, 11) is 0. The van der Waals surface area contributed by atoms with E-state index in [9.17, 15) is 14.7 Å². The number of aliphatic carboxylic acids is 1. The van der Waals surface area contributed by atoms with Crippen LogP contribution in [0.5, 0.6) is 5.75 Å². The average molecular weight is 298 g/mol. The molecule has 0 radical (unpaired) electrons. The predicted octanol–water partition coefficient (Wildman–Crippen LogP) is 3.53. The summed E-state index contributed by atoms with van der Waals surface area (Å²) in [5, 5.41) is 18.5. The van der Waals surface area contributed by atoms with Crippen molar-refractivity contribution in [2.75, 3.05) is 0 Å². The van der Waals surface area contributed by atoms with E-state index in [2.05, 4.69) is 0 Å². The number of carboxylic acids is 1. The van der Waals surface area contributed by atoms with E-state index in [1.807, 2.05) is 31.2 Å². The number of phenols is 1. The first-order valence-electron chi connectivity index (χ1n) is 7.09. The van der Waals surface area contributed by atoms with Gasteiger partial charge in [-0.05, 0) is 36.6 Å². The van der Waals surface area contributed by atoms with Crippen molar-refractivity contribution in [2.24, 2.45) is 0 Å². The Kier molecular flexibility index (Phi) is 4.94. The van der Waals surface area contributed by atoms with E-state index in [4.69, 9.17) is 5.11 Å². The molecular formula is C18H18O4. The van der Waals surface area contributed by atoms with Crippen LogP contribution < -0.4 is 0 Å². The fourth-order valence-electron chi connectivity index (χ4n) is 2.53. The van der Waals surface area contributed by atoms with Gasteiger partial charge in [0.2, 0.25) is 0 Å². The number of aromatic hydroxyl groups is 1. The number of rotatable bonds is 6. The molecule has 0 fully saturated rings. The molecule has 0 aliphatic heterocycles. The van der Waals surface area contributed by atoms with Gasteiger partial charge in [0, 0.05) is 17.9 Å². The van der Waals surface area contributed by atoms with Crippen LogP contribution in [-0.4, -0.2) is 22.0 Å². The maximum Gasteiger partial charge on any atom is 0.303 e. The highest BCUT2D eigenvalue weighted by atomic mass is 16.4. The van der Waals surface area contributed by atoms with Gasteiger partial charge in [0.1, 0.15) is 5.75 Å². The molecule has 114 valence electrons. The summed E-state index contributed by atoms with van der Waals surface area (Å²) in [4.78, 5) is 23.6. The van der Waals surface area contributed by atoms with Gasteiger partial charge in [0.15, 0.2) is 5.78 Å². The molecule has 4 heteroatoms. The van der Waals surface area contributed by atoms with Crippen molar-refractivity contribution in [3.05, 3.63) is 65.2 Å². The van der Waals surface area contributed by atoms with Crippen LogP contribution in [-0.2, 0) is 4.79 Å². The first-order chi connectivity index (χ1) is 10.5. The van der Waals surface area contributed by atoms with Gasteiger partial charge >= 0.3 is 5.97 Å². The zero-order chi connectivity index (χ0) is 16.1. The van der Waals surface area contributed by atoms with Crippen LogP contribution in [0.1, 0.15) is 40.2 Å². The van der Waals surface area contributed by atoms with Crippen molar-refractivity contribution < 1.29 is 19.8 Å². The lowest BCUT2D eigenvalue weighted by Gasteiger charge is -2.18. The van der Waals surface area contributed by atoms with E-state index in [-0.39, 0.29) is 24.4 Å². The lowest BCUT2D eigenvalue weighted by atomic mass is 9.85. The van der Waals surface area contributed by atoms with Crippen LogP contribution in [0.25, 0.3) is 0 Å². The molecule has 0 unspecified atom stereocenters. The molecule has 2 aromatic carbocycles. The number of carbonyl (C=O) groups excluding carboxylic acids is 1. The Bertz CT molecular complexity index is 691. The molecule has 2 rings (SSSR count). The molecule has 0 spiro atoms. The molecule has 0 saturated carbocycles. The van der Waals surface area contributed by atoms with Gasteiger partial charge < -0.3 is 10.2 Å². The molecule has 0 aromatic heterocycles. The van der Waals surface area contributed by atoms with Crippen molar-refractivity contribution in [2.45, 2.75) is 25.7 Å².